The lowest BCUT2D eigenvalue weighted by Gasteiger charge is -2.47. The predicted molar refractivity (Wildman–Crippen MR) is 86.0 cm³/mol. The van der Waals surface area contributed by atoms with Crippen LogP contribution in [0.5, 0.6) is 5.75 Å². The Bertz CT molecular complexity index is 540. The Labute approximate surface area is 141 Å². The van der Waals surface area contributed by atoms with Gasteiger partial charge in [0.15, 0.2) is 0 Å². The van der Waals surface area contributed by atoms with Crippen LogP contribution in [0.25, 0.3) is 0 Å². The van der Waals surface area contributed by atoms with Crippen LogP contribution in [0, 0.1) is 5.92 Å². The van der Waals surface area contributed by atoms with Crippen molar-refractivity contribution in [3.05, 3.63) is 29.8 Å². The first-order valence-electron chi connectivity index (χ1n) is 8.64. The molecule has 1 aliphatic carbocycles. The summed E-state index contributed by atoms with van der Waals surface area (Å²) < 4.78 is 28.6. The summed E-state index contributed by atoms with van der Waals surface area (Å²) in [5, 5.41) is 21.1. The van der Waals surface area contributed by atoms with Gasteiger partial charge < -0.3 is 14.9 Å². The van der Waals surface area contributed by atoms with Crippen molar-refractivity contribution in [3.8, 4) is 5.75 Å². The maximum atomic E-state index is 12.2. The van der Waals surface area contributed by atoms with E-state index in [1.165, 1.54) is 12.1 Å². The van der Waals surface area contributed by atoms with E-state index in [0.717, 1.165) is 45.2 Å². The van der Waals surface area contributed by atoms with Gasteiger partial charge in [-0.3, -0.25) is 4.90 Å². The van der Waals surface area contributed by atoms with Crippen molar-refractivity contribution in [2.24, 2.45) is 5.92 Å². The van der Waals surface area contributed by atoms with E-state index in [9.17, 15) is 19.0 Å². The lowest BCUT2D eigenvalue weighted by atomic mass is 9.71. The highest BCUT2D eigenvalue weighted by Gasteiger charge is 2.42. The molecule has 1 aromatic carbocycles. The summed E-state index contributed by atoms with van der Waals surface area (Å²) in [7, 11) is 0. The van der Waals surface area contributed by atoms with Gasteiger partial charge in [0.25, 0.3) is 0 Å². The van der Waals surface area contributed by atoms with Crippen LogP contribution in [0.4, 0.5) is 8.78 Å². The van der Waals surface area contributed by atoms with Crippen molar-refractivity contribution in [1.82, 2.24) is 4.90 Å². The van der Waals surface area contributed by atoms with E-state index < -0.39 is 18.3 Å². The highest BCUT2D eigenvalue weighted by molar-refractivity contribution is 5.28. The van der Waals surface area contributed by atoms with Gasteiger partial charge in [-0.1, -0.05) is 25.0 Å². The zero-order chi connectivity index (χ0) is 17.2. The minimum absolute atomic E-state index is 0.0891. The molecule has 3 rings (SSSR count). The molecule has 0 bridgehead atoms. The lowest BCUT2D eigenvalue weighted by molar-refractivity contribution is -0.1000. The number of nitrogens with zero attached hydrogens (tertiary/aromatic N) is 1. The lowest BCUT2D eigenvalue weighted by Crippen LogP contribution is -2.53. The standard InChI is InChI=1S/C18H25F2NO3/c19-17(20)24-15-6-4-13(5-7-15)16(22)12-21-10-9-18(23)8-2-1-3-14(18)11-21/h4-7,14,16-17,22-23H,1-3,8-12H2. The van der Waals surface area contributed by atoms with Gasteiger partial charge in [-0.05, 0) is 37.0 Å². The third-order valence-electron chi connectivity index (χ3n) is 5.43. The maximum absolute atomic E-state index is 12.2. The van der Waals surface area contributed by atoms with E-state index in [1.807, 2.05) is 0 Å². The number of β-amino-alcohol motifs (C(OH)–C–C–N with tert-alkyl or cyclic N) is 1. The Hall–Kier alpha value is -1.24. The van der Waals surface area contributed by atoms with Gasteiger partial charge in [-0.25, -0.2) is 0 Å². The average molecular weight is 341 g/mol. The second-order valence-corrected chi connectivity index (χ2v) is 7.02. The Morgan fingerprint density at radius 1 is 1.21 bits per heavy atom. The molecule has 24 heavy (non-hydrogen) atoms. The van der Waals surface area contributed by atoms with Crippen molar-refractivity contribution in [1.29, 1.82) is 0 Å². The van der Waals surface area contributed by atoms with E-state index in [0.29, 0.717) is 12.1 Å². The number of fused-ring (bicyclic) bond motifs is 1. The Kier molecular flexibility index (Phi) is 5.37. The van der Waals surface area contributed by atoms with Crippen LogP contribution in [0.3, 0.4) is 0 Å². The van der Waals surface area contributed by atoms with Crippen LogP contribution in [0.15, 0.2) is 24.3 Å². The number of hydrogen-bond donors (Lipinski definition) is 2. The topological polar surface area (TPSA) is 52.9 Å². The number of piperidine rings is 1. The molecule has 6 heteroatoms. The molecule has 0 spiro atoms. The molecule has 3 unspecified atom stereocenters. The average Bonchev–Trinajstić information content (AvgIpc) is 2.55. The van der Waals surface area contributed by atoms with Gasteiger partial charge in [0, 0.05) is 25.6 Å². The van der Waals surface area contributed by atoms with Gasteiger partial charge in [0.2, 0.25) is 0 Å². The summed E-state index contributed by atoms with van der Waals surface area (Å²) in [6, 6.07) is 6.12. The van der Waals surface area contributed by atoms with E-state index in [-0.39, 0.29) is 11.7 Å². The molecular weight excluding hydrogens is 316 g/mol. The number of halogens is 2. The first-order valence-corrected chi connectivity index (χ1v) is 8.64. The summed E-state index contributed by atoms with van der Waals surface area (Å²) in [4.78, 5) is 2.19. The molecular formula is C18H25F2NO3. The van der Waals surface area contributed by atoms with Gasteiger partial charge >= 0.3 is 6.61 Å². The third-order valence-corrected chi connectivity index (χ3v) is 5.43. The van der Waals surface area contributed by atoms with Gasteiger partial charge in [0.05, 0.1) is 11.7 Å². The van der Waals surface area contributed by atoms with Crippen LogP contribution in [-0.4, -0.2) is 47.0 Å². The number of benzene rings is 1. The van der Waals surface area contributed by atoms with Crippen molar-refractivity contribution in [2.75, 3.05) is 19.6 Å². The molecule has 1 saturated carbocycles. The first-order chi connectivity index (χ1) is 11.5. The minimum atomic E-state index is -2.84. The van der Waals surface area contributed by atoms with Crippen LogP contribution < -0.4 is 4.74 Å². The molecule has 0 amide bonds. The maximum Gasteiger partial charge on any atom is 0.387 e. The number of alkyl halides is 2. The quantitative estimate of drug-likeness (QED) is 0.865. The largest absolute Gasteiger partial charge is 0.435 e. The molecule has 2 fully saturated rings. The fourth-order valence-electron chi connectivity index (χ4n) is 4.03. The molecule has 2 aliphatic rings. The van der Waals surface area contributed by atoms with Crippen molar-refractivity contribution < 1.29 is 23.7 Å². The zero-order valence-corrected chi connectivity index (χ0v) is 13.7. The second kappa shape index (κ2) is 7.33. The van der Waals surface area contributed by atoms with Crippen molar-refractivity contribution in [3.63, 3.8) is 0 Å². The molecule has 1 aliphatic heterocycles. The van der Waals surface area contributed by atoms with Crippen LogP contribution in [0.1, 0.15) is 43.8 Å². The fraction of sp³-hybridized carbons (Fsp3) is 0.667. The molecule has 1 aromatic rings. The molecule has 3 atom stereocenters. The minimum Gasteiger partial charge on any atom is -0.435 e. The van der Waals surface area contributed by atoms with Crippen molar-refractivity contribution >= 4 is 0 Å². The summed E-state index contributed by atoms with van der Waals surface area (Å²) in [5.41, 5.74) is 0.162. The highest BCUT2D eigenvalue weighted by Crippen LogP contribution is 2.40. The van der Waals surface area contributed by atoms with E-state index in [4.69, 9.17) is 0 Å². The van der Waals surface area contributed by atoms with Gasteiger partial charge in [0.1, 0.15) is 5.75 Å². The molecule has 2 N–H and O–H groups in total. The molecule has 0 radical (unpaired) electrons. The normalized spacial score (nSPS) is 29.3. The number of likely N-dealkylation sites (tertiary alicyclic amines) is 1. The SMILES string of the molecule is OC(CN1CCC2(O)CCCCC2C1)c1ccc(OC(F)F)cc1. The zero-order valence-electron chi connectivity index (χ0n) is 13.7. The van der Waals surface area contributed by atoms with E-state index in [2.05, 4.69) is 9.64 Å². The Balaban J connectivity index is 1.56. The summed E-state index contributed by atoms with van der Waals surface area (Å²) in [6.45, 7) is -0.776. The Morgan fingerprint density at radius 3 is 2.67 bits per heavy atom. The first kappa shape index (κ1) is 17.6. The molecule has 0 aromatic heterocycles. The third kappa shape index (κ3) is 4.05. The van der Waals surface area contributed by atoms with Gasteiger partial charge in [-0.2, -0.15) is 8.78 Å². The molecule has 134 valence electrons. The van der Waals surface area contributed by atoms with Gasteiger partial charge in [-0.15, -0.1) is 0 Å². The highest BCUT2D eigenvalue weighted by atomic mass is 19.3. The van der Waals surface area contributed by atoms with Crippen LogP contribution in [0.2, 0.25) is 0 Å². The van der Waals surface area contributed by atoms with Crippen LogP contribution >= 0.6 is 0 Å². The number of ether oxygens (including phenoxy) is 1. The summed E-state index contributed by atoms with van der Waals surface area (Å²) in [5.74, 6) is 0.375. The number of aliphatic hydroxyl groups is 2. The Morgan fingerprint density at radius 2 is 1.96 bits per heavy atom. The van der Waals surface area contributed by atoms with Crippen LogP contribution in [-0.2, 0) is 0 Å². The predicted octanol–water partition coefficient (Wildman–Crippen LogP) is 2.95. The molecule has 1 heterocycles. The number of hydrogen-bond acceptors (Lipinski definition) is 4. The number of aliphatic hydroxyl groups excluding tert-OH is 1. The van der Waals surface area contributed by atoms with Crippen molar-refractivity contribution in [2.45, 2.75) is 50.4 Å². The van der Waals surface area contributed by atoms with E-state index in [1.54, 1.807) is 12.1 Å². The monoisotopic (exact) mass is 341 g/mol. The fourth-order valence-corrected chi connectivity index (χ4v) is 4.03. The molecule has 4 nitrogen and oxygen atoms in total. The molecule has 1 saturated heterocycles. The van der Waals surface area contributed by atoms with E-state index >= 15 is 0 Å². The second-order valence-electron chi connectivity index (χ2n) is 7.02. The summed E-state index contributed by atoms with van der Waals surface area (Å²) in [6.07, 6.45) is 4.27. The summed E-state index contributed by atoms with van der Waals surface area (Å²) >= 11 is 0. The smallest absolute Gasteiger partial charge is 0.387 e. The number of rotatable bonds is 5.